The molecule has 3 N–H and O–H groups in total. The van der Waals surface area contributed by atoms with Gasteiger partial charge in [-0.3, -0.25) is 19.4 Å². The lowest BCUT2D eigenvalue weighted by atomic mass is 9.90. The molecule has 0 radical (unpaired) electrons. The normalized spacial score (nSPS) is 17.5. The van der Waals surface area contributed by atoms with Gasteiger partial charge in [0.15, 0.2) is 0 Å². The molecule has 1 fully saturated rings. The number of carbonyl (C=O) groups excluding carboxylic acids is 1. The van der Waals surface area contributed by atoms with Gasteiger partial charge in [0.1, 0.15) is 0 Å². The molecule has 210 valence electrons. The molecule has 1 saturated carbocycles. The fraction of sp³-hybridized carbons (Fsp3) is 0.500. The predicted octanol–water partition coefficient (Wildman–Crippen LogP) is 3.27. The van der Waals surface area contributed by atoms with Crippen LogP contribution in [-0.4, -0.2) is 79.2 Å². The third-order valence-electron chi connectivity index (χ3n) is 5.67. The summed E-state index contributed by atoms with van der Waals surface area (Å²) < 4.78 is 65.6. The molecule has 1 unspecified atom stereocenters. The molecule has 3 heterocycles. The van der Waals surface area contributed by atoms with Crippen LogP contribution in [0.15, 0.2) is 36.8 Å². The number of carbonyl (C=O) groups is 3. The Morgan fingerprint density at radius 2 is 1.61 bits per heavy atom. The Morgan fingerprint density at radius 1 is 1.00 bits per heavy atom. The van der Waals surface area contributed by atoms with Crippen molar-refractivity contribution < 1.29 is 50.9 Å². The van der Waals surface area contributed by atoms with E-state index in [1.54, 1.807) is 24.5 Å². The number of hydrogen-bond donors (Lipinski definition) is 3. The number of amides is 1. The molecule has 2 aromatic heterocycles. The van der Waals surface area contributed by atoms with Crippen molar-refractivity contribution in [2.45, 2.75) is 56.7 Å². The monoisotopic (exact) mass is 553 g/mol. The van der Waals surface area contributed by atoms with E-state index in [1.807, 2.05) is 6.20 Å². The zero-order valence-electron chi connectivity index (χ0n) is 19.7. The van der Waals surface area contributed by atoms with Crippen molar-refractivity contribution in [1.29, 1.82) is 0 Å². The molecule has 4 rings (SSSR count). The second kappa shape index (κ2) is 13.2. The zero-order chi connectivity index (χ0) is 28.5. The fourth-order valence-corrected chi connectivity index (χ4v) is 3.61. The van der Waals surface area contributed by atoms with Gasteiger partial charge in [0.2, 0.25) is 0 Å². The Bertz CT molecular complexity index is 1050. The Morgan fingerprint density at radius 3 is 2.08 bits per heavy atom. The van der Waals surface area contributed by atoms with E-state index in [1.165, 1.54) is 25.0 Å². The number of fused-ring (bicyclic) bond motifs is 1. The van der Waals surface area contributed by atoms with E-state index in [-0.39, 0.29) is 5.91 Å². The summed E-state index contributed by atoms with van der Waals surface area (Å²) in [5.41, 5.74) is 1.90. The summed E-state index contributed by atoms with van der Waals surface area (Å²) in [6.07, 6.45) is -0.124. The zero-order valence-corrected chi connectivity index (χ0v) is 19.7. The Hall–Kier alpha value is -3.69. The smallest absolute Gasteiger partial charge is 0.475 e. The standard InChI is InChI=1S/C18H23N5O.2C2HF3O2/c24-18(14-3-2-8-19-11-14)20-9-6-16-12-22(15-4-1-5-15)13-17-7-10-21-23(16)17;2*3-2(4,5)1(6)7/h2-3,7-8,10-11,15-16H,1,4-6,9,12-13H2,(H,20,24);2*(H,6,7). The number of alkyl halides is 6. The van der Waals surface area contributed by atoms with Crippen molar-refractivity contribution in [2.75, 3.05) is 13.1 Å². The van der Waals surface area contributed by atoms with Gasteiger partial charge in [0.05, 0.1) is 17.3 Å². The minimum absolute atomic E-state index is 0.0598. The molecule has 1 aliphatic carbocycles. The van der Waals surface area contributed by atoms with Crippen molar-refractivity contribution in [2.24, 2.45) is 0 Å². The Kier molecular flexibility index (Phi) is 10.6. The molecule has 0 aromatic carbocycles. The number of halogens is 6. The van der Waals surface area contributed by atoms with E-state index in [0.717, 1.165) is 25.6 Å². The first-order valence-corrected chi connectivity index (χ1v) is 11.2. The van der Waals surface area contributed by atoms with Gasteiger partial charge in [0.25, 0.3) is 5.91 Å². The molecule has 1 amide bonds. The van der Waals surface area contributed by atoms with Crippen molar-refractivity contribution in [3.05, 3.63) is 48.0 Å². The van der Waals surface area contributed by atoms with Gasteiger partial charge in [-0.15, -0.1) is 0 Å². The summed E-state index contributed by atoms with van der Waals surface area (Å²) in [7, 11) is 0. The highest BCUT2D eigenvalue weighted by Gasteiger charge is 2.39. The van der Waals surface area contributed by atoms with E-state index < -0.39 is 24.3 Å². The third kappa shape index (κ3) is 9.32. The predicted molar refractivity (Wildman–Crippen MR) is 118 cm³/mol. The number of nitrogens with zero attached hydrogens (tertiary/aromatic N) is 4. The summed E-state index contributed by atoms with van der Waals surface area (Å²) in [5, 5.41) is 21.8. The number of nitrogens with one attached hydrogen (secondary N) is 1. The van der Waals surface area contributed by atoms with Crippen molar-refractivity contribution in [3.63, 3.8) is 0 Å². The van der Waals surface area contributed by atoms with Crippen molar-refractivity contribution >= 4 is 17.8 Å². The second-order valence-electron chi connectivity index (χ2n) is 8.33. The molecule has 1 atom stereocenters. The number of carboxylic acids is 2. The molecule has 0 saturated heterocycles. The van der Waals surface area contributed by atoms with Crippen LogP contribution in [0.1, 0.15) is 47.8 Å². The maximum Gasteiger partial charge on any atom is 0.490 e. The van der Waals surface area contributed by atoms with Crippen LogP contribution in [0.4, 0.5) is 26.3 Å². The summed E-state index contributed by atoms with van der Waals surface area (Å²) in [6.45, 7) is 2.68. The number of aliphatic carboxylic acids is 2. The van der Waals surface area contributed by atoms with Gasteiger partial charge < -0.3 is 15.5 Å². The van der Waals surface area contributed by atoms with Crippen LogP contribution in [-0.2, 0) is 16.1 Å². The molecule has 1 aliphatic heterocycles. The van der Waals surface area contributed by atoms with Crippen LogP contribution < -0.4 is 5.32 Å². The lowest BCUT2D eigenvalue weighted by molar-refractivity contribution is -0.193. The molecular formula is C22H25F6N5O5. The minimum Gasteiger partial charge on any atom is -0.475 e. The van der Waals surface area contributed by atoms with Gasteiger partial charge in [-0.2, -0.15) is 31.4 Å². The van der Waals surface area contributed by atoms with Gasteiger partial charge in [-0.05, 0) is 37.5 Å². The second-order valence-corrected chi connectivity index (χ2v) is 8.33. The van der Waals surface area contributed by atoms with E-state index >= 15 is 0 Å². The summed E-state index contributed by atoms with van der Waals surface area (Å²) >= 11 is 0. The average molecular weight is 553 g/mol. The Labute approximate surface area is 212 Å². The van der Waals surface area contributed by atoms with Crippen LogP contribution in [0, 0.1) is 0 Å². The molecule has 2 aliphatic rings. The van der Waals surface area contributed by atoms with Crippen LogP contribution >= 0.6 is 0 Å². The Balaban J connectivity index is 0.000000301. The molecule has 2 aromatic rings. The summed E-state index contributed by atoms with van der Waals surface area (Å²) in [4.78, 5) is 36.5. The lowest BCUT2D eigenvalue weighted by Gasteiger charge is -2.42. The molecule has 0 bridgehead atoms. The van der Waals surface area contributed by atoms with Crippen molar-refractivity contribution in [1.82, 2.24) is 25.0 Å². The fourth-order valence-electron chi connectivity index (χ4n) is 3.61. The maximum atomic E-state index is 12.1. The lowest BCUT2D eigenvalue weighted by Crippen LogP contribution is -2.47. The highest BCUT2D eigenvalue weighted by molar-refractivity contribution is 5.93. The number of carboxylic acid groups (broad SMARTS) is 2. The number of aromatic nitrogens is 3. The van der Waals surface area contributed by atoms with Crippen LogP contribution in [0.5, 0.6) is 0 Å². The quantitative estimate of drug-likeness (QED) is 0.480. The van der Waals surface area contributed by atoms with Gasteiger partial charge in [-0.25, -0.2) is 9.59 Å². The first kappa shape index (κ1) is 30.5. The van der Waals surface area contributed by atoms with E-state index in [4.69, 9.17) is 19.8 Å². The van der Waals surface area contributed by atoms with Gasteiger partial charge in [0, 0.05) is 44.3 Å². The van der Waals surface area contributed by atoms with E-state index in [2.05, 4.69) is 31.0 Å². The highest BCUT2D eigenvalue weighted by atomic mass is 19.4. The third-order valence-corrected chi connectivity index (χ3v) is 5.67. The van der Waals surface area contributed by atoms with Crippen molar-refractivity contribution in [3.8, 4) is 0 Å². The first-order chi connectivity index (χ1) is 17.7. The van der Waals surface area contributed by atoms with E-state index in [9.17, 15) is 31.1 Å². The SMILES string of the molecule is O=C(NCCC1CN(C2CCC2)Cc2ccnn21)c1cccnc1.O=C(O)C(F)(F)F.O=C(O)C(F)(F)F. The van der Waals surface area contributed by atoms with Crippen LogP contribution in [0.3, 0.4) is 0 Å². The van der Waals surface area contributed by atoms with Gasteiger partial charge in [-0.1, -0.05) is 6.42 Å². The molecule has 38 heavy (non-hydrogen) atoms. The summed E-state index contributed by atoms with van der Waals surface area (Å²) in [5.74, 6) is -5.57. The van der Waals surface area contributed by atoms with E-state index in [0.29, 0.717) is 18.2 Å². The number of hydrogen-bond acceptors (Lipinski definition) is 6. The molecular weight excluding hydrogens is 528 g/mol. The largest absolute Gasteiger partial charge is 0.490 e. The average Bonchev–Trinajstić information content (AvgIpc) is 3.27. The molecule has 10 nitrogen and oxygen atoms in total. The number of pyridine rings is 1. The first-order valence-electron chi connectivity index (χ1n) is 11.2. The topological polar surface area (TPSA) is 138 Å². The highest BCUT2D eigenvalue weighted by Crippen LogP contribution is 2.31. The minimum atomic E-state index is -5.08. The van der Waals surface area contributed by atoms with Gasteiger partial charge >= 0.3 is 24.3 Å². The maximum absolute atomic E-state index is 12.1. The van der Waals surface area contributed by atoms with Crippen LogP contribution in [0.25, 0.3) is 0 Å². The molecule has 0 spiro atoms. The summed E-state index contributed by atoms with van der Waals surface area (Å²) in [6, 6.07) is 6.75. The number of rotatable bonds is 5. The molecule has 16 heteroatoms. The van der Waals surface area contributed by atoms with Crippen LogP contribution in [0.2, 0.25) is 0 Å².